The zero-order valence-electron chi connectivity index (χ0n) is 10.1. The summed E-state index contributed by atoms with van der Waals surface area (Å²) in [5.41, 5.74) is -0.507. The van der Waals surface area contributed by atoms with Gasteiger partial charge in [-0.15, -0.1) is 0 Å². The zero-order chi connectivity index (χ0) is 12.4. The lowest BCUT2D eigenvalue weighted by Gasteiger charge is -2.32. The molecule has 96 valence electrons. The Balaban J connectivity index is 1.92. The van der Waals surface area contributed by atoms with Gasteiger partial charge in [-0.2, -0.15) is 4.98 Å². The summed E-state index contributed by atoms with van der Waals surface area (Å²) in [6, 6.07) is 3.56. The van der Waals surface area contributed by atoms with Crippen LogP contribution >= 0.6 is 0 Å². The van der Waals surface area contributed by atoms with Crippen LogP contribution in [-0.2, 0) is 15.1 Å². The quantitative estimate of drug-likeness (QED) is 0.829. The predicted octanol–water partition coefficient (Wildman–Crippen LogP) is 1.98. The first-order valence-corrected chi connectivity index (χ1v) is 5.85. The van der Waals surface area contributed by atoms with Gasteiger partial charge in [0.2, 0.25) is 5.82 Å². The van der Waals surface area contributed by atoms with E-state index in [1.165, 1.54) is 0 Å². The Hall–Kier alpha value is -1.66. The van der Waals surface area contributed by atoms with E-state index in [1.54, 1.807) is 25.5 Å². The lowest BCUT2D eigenvalue weighted by molar-refractivity contribution is -0.101. The standard InChI is InChI=1S/C12H14N2O4/c1-15-12(4-7-16-8-5-12)11-13-10(18-14-11)9-3-2-6-17-9/h2-3,6H,4-5,7-8H2,1H3. The molecule has 1 fully saturated rings. The maximum absolute atomic E-state index is 5.60. The fraction of sp³-hybridized carbons (Fsp3) is 0.500. The van der Waals surface area contributed by atoms with E-state index in [4.69, 9.17) is 18.4 Å². The number of hydrogen-bond donors (Lipinski definition) is 0. The Morgan fingerprint density at radius 1 is 1.33 bits per heavy atom. The number of furan rings is 1. The summed E-state index contributed by atoms with van der Waals surface area (Å²) in [7, 11) is 1.66. The van der Waals surface area contributed by atoms with Gasteiger partial charge in [0, 0.05) is 33.2 Å². The van der Waals surface area contributed by atoms with E-state index < -0.39 is 5.60 Å². The highest BCUT2D eigenvalue weighted by molar-refractivity contribution is 5.43. The van der Waals surface area contributed by atoms with Gasteiger partial charge in [-0.05, 0) is 12.1 Å². The second-order valence-corrected chi connectivity index (χ2v) is 4.21. The molecule has 6 nitrogen and oxygen atoms in total. The minimum absolute atomic E-state index is 0.373. The van der Waals surface area contributed by atoms with Crippen molar-refractivity contribution in [3.8, 4) is 11.7 Å². The number of methoxy groups -OCH3 is 1. The Morgan fingerprint density at radius 2 is 2.17 bits per heavy atom. The molecule has 18 heavy (non-hydrogen) atoms. The fourth-order valence-electron chi connectivity index (χ4n) is 2.13. The molecule has 6 heteroatoms. The van der Waals surface area contributed by atoms with Crippen molar-refractivity contribution in [2.24, 2.45) is 0 Å². The van der Waals surface area contributed by atoms with Crippen molar-refractivity contribution in [1.29, 1.82) is 0 Å². The predicted molar refractivity (Wildman–Crippen MR) is 60.7 cm³/mol. The van der Waals surface area contributed by atoms with Crippen molar-refractivity contribution in [1.82, 2.24) is 10.1 Å². The molecule has 0 atom stereocenters. The average molecular weight is 250 g/mol. The van der Waals surface area contributed by atoms with Crippen molar-refractivity contribution in [2.75, 3.05) is 20.3 Å². The smallest absolute Gasteiger partial charge is 0.293 e. The summed E-state index contributed by atoms with van der Waals surface area (Å²) < 4.78 is 21.4. The summed E-state index contributed by atoms with van der Waals surface area (Å²) in [6.45, 7) is 1.27. The molecule has 0 N–H and O–H groups in total. The van der Waals surface area contributed by atoms with Crippen molar-refractivity contribution >= 4 is 0 Å². The van der Waals surface area contributed by atoms with Crippen LogP contribution < -0.4 is 0 Å². The van der Waals surface area contributed by atoms with Crippen molar-refractivity contribution < 1.29 is 18.4 Å². The van der Waals surface area contributed by atoms with Gasteiger partial charge < -0.3 is 18.4 Å². The summed E-state index contributed by atoms with van der Waals surface area (Å²) in [6.07, 6.45) is 3.01. The first-order valence-electron chi connectivity index (χ1n) is 5.85. The van der Waals surface area contributed by atoms with E-state index in [0.29, 0.717) is 30.7 Å². The van der Waals surface area contributed by atoms with Crippen LogP contribution in [0.15, 0.2) is 27.3 Å². The lowest BCUT2D eigenvalue weighted by atomic mass is 9.93. The molecule has 1 aliphatic heterocycles. The number of hydrogen-bond acceptors (Lipinski definition) is 6. The monoisotopic (exact) mass is 250 g/mol. The Morgan fingerprint density at radius 3 is 2.83 bits per heavy atom. The molecule has 3 heterocycles. The SMILES string of the molecule is COC1(c2noc(-c3ccco3)n2)CCOCC1. The first-order chi connectivity index (χ1) is 8.84. The molecule has 2 aromatic heterocycles. The molecule has 0 spiro atoms. The molecular weight excluding hydrogens is 236 g/mol. The zero-order valence-corrected chi connectivity index (χ0v) is 10.1. The van der Waals surface area contributed by atoms with Crippen LogP contribution in [-0.4, -0.2) is 30.5 Å². The molecule has 0 amide bonds. The highest BCUT2D eigenvalue weighted by atomic mass is 16.5. The Kier molecular flexibility index (Phi) is 2.89. The van der Waals surface area contributed by atoms with Crippen LogP contribution in [0.5, 0.6) is 0 Å². The molecule has 0 aromatic carbocycles. The van der Waals surface area contributed by atoms with E-state index in [-0.39, 0.29) is 0 Å². The first kappa shape index (κ1) is 11.4. The summed E-state index contributed by atoms with van der Waals surface area (Å²) >= 11 is 0. The van der Waals surface area contributed by atoms with Gasteiger partial charge in [-0.25, -0.2) is 0 Å². The van der Waals surface area contributed by atoms with Gasteiger partial charge in [0.1, 0.15) is 5.60 Å². The van der Waals surface area contributed by atoms with Crippen molar-refractivity contribution in [3.05, 3.63) is 24.2 Å². The molecule has 3 rings (SSSR count). The molecule has 1 aliphatic rings. The van der Waals surface area contributed by atoms with Crippen LogP contribution in [0.3, 0.4) is 0 Å². The minimum atomic E-state index is -0.507. The highest BCUT2D eigenvalue weighted by Gasteiger charge is 2.39. The van der Waals surface area contributed by atoms with E-state index in [1.807, 2.05) is 0 Å². The minimum Gasteiger partial charge on any atom is -0.459 e. The maximum atomic E-state index is 5.60. The lowest BCUT2D eigenvalue weighted by Crippen LogP contribution is -2.36. The normalized spacial score (nSPS) is 18.9. The van der Waals surface area contributed by atoms with Gasteiger partial charge >= 0.3 is 0 Å². The largest absolute Gasteiger partial charge is 0.459 e. The van der Waals surface area contributed by atoms with Gasteiger partial charge in [-0.3, -0.25) is 0 Å². The number of aromatic nitrogens is 2. The van der Waals surface area contributed by atoms with Gasteiger partial charge in [-0.1, -0.05) is 5.16 Å². The molecule has 0 saturated carbocycles. The third kappa shape index (κ3) is 1.83. The second-order valence-electron chi connectivity index (χ2n) is 4.21. The summed E-state index contributed by atoms with van der Waals surface area (Å²) in [5, 5.41) is 4.01. The van der Waals surface area contributed by atoms with Gasteiger partial charge in [0.15, 0.2) is 5.76 Å². The molecule has 0 unspecified atom stereocenters. The number of nitrogens with zero attached hydrogens (tertiary/aromatic N) is 2. The highest BCUT2D eigenvalue weighted by Crippen LogP contribution is 2.34. The third-order valence-electron chi connectivity index (χ3n) is 3.26. The van der Waals surface area contributed by atoms with E-state index in [2.05, 4.69) is 10.1 Å². The van der Waals surface area contributed by atoms with Gasteiger partial charge in [0.05, 0.1) is 6.26 Å². The van der Waals surface area contributed by atoms with Crippen LogP contribution in [0.25, 0.3) is 11.7 Å². The van der Waals surface area contributed by atoms with Crippen molar-refractivity contribution in [3.63, 3.8) is 0 Å². The molecule has 1 saturated heterocycles. The molecule has 0 aliphatic carbocycles. The molecule has 0 radical (unpaired) electrons. The number of ether oxygens (including phenoxy) is 2. The molecule has 0 bridgehead atoms. The van der Waals surface area contributed by atoms with Crippen molar-refractivity contribution in [2.45, 2.75) is 18.4 Å². The third-order valence-corrected chi connectivity index (χ3v) is 3.26. The van der Waals surface area contributed by atoms with Crippen LogP contribution in [0.1, 0.15) is 18.7 Å². The second kappa shape index (κ2) is 4.55. The van der Waals surface area contributed by atoms with E-state index in [9.17, 15) is 0 Å². The molecular formula is C12H14N2O4. The van der Waals surface area contributed by atoms with Crippen LogP contribution in [0.4, 0.5) is 0 Å². The maximum Gasteiger partial charge on any atom is 0.293 e. The average Bonchev–Trinajstić information content (AvgIpc) is 3.10. The topological polar surface area (TPSA) is 70.5 Å². The summed E-state index contributed by atoms with van der Waals surface area (Å²) in [5.74, 6) is 1.49. The summed E-state index contributed by atoms with van der Waals surface area (Å²) in [4.78, 5) is 4.37. The van der Waals surface area contributed by atoms with E-state index >= 15 is 0 Å². The van der Waals surface area contributed by atoms with E-state index in [0.717, 1.165) is 12.8 Å². The number of rotatable bonds is 3. The van der Waals surface area contributed by atoms with Crippen LogP contribution in [0, 0.1) is 0 Å². The Bertz CT molecular complexity index is 500. The Labute approximate surface area is 104 Å². The van der Waals surface area contributed by atoms with Crippen LogP contribution in [0.2, 0.25) is 0 Å². The molecule has 2 aromatic rings. The van der Waals surface area contributed by atoms with Gasteiger partial charge in [0.25, 0.3) is 5.89 Å². The fourth-order valence-corrected chi connectivity index (χ4v) is 2.13.